The molecule has 0 aliphatic heterocycles. The van der Waals surface area contributed by atoms with Crippen molar-refractivity contribution in [2.24, 2.45) is 0 Å². The fraction of sp³-hybridized carbons (Fsp3) is 0.409. The van der Waals surface area contributed by atoms with Crippen LogP contribution in [0.3, 0.4) is 0 Å². The van der Waals surface area contributed by atoms with Gasteiger partial charge in [0.15, 0.2) is 0 Å². The molecule has 6 nitrogen and oxygen atoms in total. The molecule has 0 bridgehead atoms. The van der Waals surface area contributed by atoms with E-state index in [1.807, 2.05) is 20.8 Å². The van der Waals surface area contributed by atoms with E-state index in [2.05, 4.69) is 14.8 Å². The summed E-state index contributed by atoms with van der Waals surface area (Å²) in [5.41, 5.74) is 4.91. The van der Waals surface area contributed by atoms with Crippen LogP contribution in [0, 0.1) is 34.6 Å². The third-order valence-corrected chi connectivity index (χ3v) is 7.19. The van der Waals surface area contributed by atoms with E-state index in [9.17, 15) is 22.0 Å². The molecule has 0 aromatic heterocycles. The lowest BCUT2D eigenvalue weighted by Crippen LogP contribution is -2.31. The molecule has 0 radical (unpaired) electrons. The SMILES string of the molecule is Cc1c(C)c(C)c(S(=O)(=O)NCCC(=O)NCc2cccc(OC(F)F)c2)c(C)c1C. The van der Waals surface area contributed by atoms with E-state index in [1.54, 1.807) is 26.0 Å². The predicted molar refractivity (Wildman–Crippen MR) is 115 cm³/mol. The zero-order chi connectivity index (χ0) is 23.3. The van der Waals surface area contributed by atoms with Gasteiger partial charge in [-0.1, -0.05) is 12.1 Å². The summed E-state index contributed by atoms with van der Waals surface area (Å²) in [6, 6.07) is 6.01. The number of alkyl halides is 2. The molecule has 31 heavy (non-hydrogen) atoms. The average molecular weight is 455 g/mol. The van der Waals surface area contributed by atoms with Crippen molar-refractivity contribution in [3.8, 4) is 5.75 Å². The fourth-order valence-electron chi connectivity index (χ4n) is 3.36. The minimum absolute atomic E-state index is 0.00364. The van der Waals surface area contributed by atoms with Gasteiger partial charge in [0.1, 0.15) is 5.75 Å². The van der Waals surface area contributed by atoms with Crippen molar-refractivity contribution in [3.63, 3.8) is 0 Å². The van der Waals surface area contributed by atoms with Gasteiger partial charge in [0, 0.05) is 19.5 Å². The molecule has 0 spiro atoms. The maximum atomic E-state index is 12.9. The molecule has 2 rings (SSSR count). The predicted octanol–water partition coefficient (Wildman–Crippen LogP) is 3.81. The van der Waals surface area contributed by atoms with Crippen LogP contribution in [0.15, 0.2) is 29.2 Å². The maximum absolute atomic E-state index is 12.9. The quantitative estimate of drug-likeness (QED) is 0.603. The Kier molecular flexibility index (Phi) is 8.14. The molecule has 170 valence electrons. The number of benzene rings is 2. The minimum Gasteiger partial charge on any atom is -0.435 e. The van der Waals surface area contributed by atoms with Crippen molar-refractivity contribution < 1.29 is 26.7 Å². The lowest BCUT2D eigenvalue weighted by molar-refractivity contribution is -0.121. The standard InChI is InChI=1S/C22H28F2N2O4S/c1-13-14(2)16(4)21(17(5)15(13)3)31(28,29)26-10-9-20(27)25-12-18-7-6-8-19(11-18)30-22(23)24/h6-8,11,22,26H,9-10,12H2,1-5H3,(H,25,27). The average Bonchev–Trinajstić information content (AvgIpc) is 2.69. The number of ether oxygens (including phenoxy) is 1. The Morgan fingerprint density at radius 1 is 1.00 bits per heavy atom. The van der Waals surface area contributed by atoms with Crippen molar-refractivity contribution in [2.45, 2.75) is 59.1 Å². The van der Waals surface area contributed by atoms with Crippen LogP contribution >= 0.6 is 0 Å². The van der Waals surface area contributed by atoms with E-state index in [-0.39, 0.29) is 36.1 Å². The molecule has 0 aliphatic carbocycles. The molecule has 0 aliphatic rings. The third-order valence-electron chi connectivity index (χ3n) is 5.46. The third kappa shape index (κ3) is 6.24. The number of carbonyl (C=O) groups is 1. The summed E-state index contributed by atoms with van der Waals surface area (Å²) >= 11 is 0. The minimum atomic E-state index is -3.78. The van der Waals surface area contributed by atoms with Crippen molar-refractivity contribution in [3.05, 3.63) is 57.6 Å². The first-order valence-corrected chi connectivity index (χ1v) is 11.3. The molecule has 9 heteroatoms. The van der Waals surface area contributed by atoms with Crippen LogP contribution < -0.4 is 14.8 Å². The molecular formula is C22H28F2N2O4S. The lowest BCUT2D eigenvalue weighted by Gasteiger charge is -2.19. The summed E-state index contributed by atoms with van der Waals surface area (Å²) in [5, 5.41) is 2.64. The van der Waals surface area contributed by atoms with Crippen LogP contribution in [0.5, 0.6) is 5.75 Å². The molecule has 0 atom stereocenters. The zero-order valence-corrected chi connectivity index (χ0v) is 19.1. The Morgan fingerprint density at radius 2 is 1.58 bits per heavy atom. The van der Waals surface area contributed by atoms with Crippen LogP contribution in [0.2, 0.25) is 0 Å². The molecule has 0 heterocycles. The molecule has 0 saturated heterocycles. The van der Waals surface area contributed by atoms with Gasteiger partial charge in [0.2, 0.25) is 15.9 Å². The Morgan fingerprint density at radius 3 is 2.16 bits per heavy atom. The highest BCUT2D eigenvalue weighted by atomic mass is 32.2. The molecule has 2 aromatic carbocycles. The molecule has 0 fully saturated rings. The number of rotatable bonds is 9. The van der Waals surface area contributed by atoms with Gasteiger partial charge in [-0.05, 0) is 80.1 Å². The van der Waals surface area contributed by atoms with Gasteiger partial charge in [-0.3, -0.25) is 4.79 Å². The Balaban J connectivity index is 1.96. The van der Waals surface area contributed by atoms with Crippen LogP contribution in [0.1, 0.15) is 39.8 Å². The number of hydrogen-bond acceptors (Lipinski definition) is 4. The first-order valence-electron chi connectivity index (χ1n) is 9.81. The van der Waals surface area contributed by atoms with Crippen molar-refractivity contribution in [1.82, 2.24) is 10.0 Å². The van der Waals surface area contributed by atoms with Crippen LogP contribution in [0.4, 0.5) is 8.78 Å². The summed E-state index contributed by atoms with van der Waals surface area (Å²) in [7, 11) is -3.78. The van der Waals surface area contributed by atoms with Gasteiger partial charge < -0.3 is 10.1 Å². The van der Waals surface area contributed by atoms with E-state index < -0.39 is 16.6 Å². The van der Waals surface area contributed by atoms with Gasteiger partial charge in [0.05, 0.1) is 4.90 Å². The van der Waals surface area contributed by atoms with E-state index in [0.717, 1.165) is 16.7 Å². The highest BCUT2D eigenvalue weighted by Crippen LogP contribution is 2.29. The Bertz CT molecular complexity index is 1040. The number of hydrogen-bond donors (Lipinski definition) is 2. The van der Waals surface area contributed by atoms with Crippen molar-refractivity contribution >= 4 is 15.9 Å². The second kappa shape index (κ2) is 10.2. The number of amides is 1. The summed E-state index contributed by atoms with van der Waals surface area (Å²) < 4.78 is 57.1. The summed E-state index contributed by atoms with van der Waals surface area (Å²) in [4.78, 5) is 12.3. The largest absolute Gasteiger partial charge is 0.435 e. The highest BCUT2D eigenvalue weighted by molar-refractivity contribution is 7.89. The second-order valence-corrected chi connectivity index (χ2v) is 9.11. The Labute approximate surface area is 182 Å². The summed E-state index contributed by atoms with van der Waals surface area (Å²) in [6.07, 6.45) is -0.0611. The second-order valence-electron chi connectivity index (χ2n) is 7.40. The molecule has 2 aromatic rings. The van der Waals surface area contributed by atoms with Crippen LogP contribution in [-0.4, -0.2) is 27.5 Å². The first-order chi connectivity index (χ1) is 14.4. The molecular weight excluding hydrogens is 426 g/mol. The van der Waals surface area contributed by atoms with Crippen LogP contribution in [-0.2, 0) is 21.4 Å². The number of sulfonamides is 1. The number of halogens is 2. The molecule has 2 N–H and O–H groups in total. The molecule has 1 amide bonds. The maximum Gasteiger partial charge on any atom is 0.387 e. The first kappa shape index (κ1) is 24.7. The Hall–Kier alpha value is -2.52. The normalized spacial score (nSPS) is 11.6. The number of nitrogens with one attached hydrogen (secondary N) is 2. The van der Waals surface area contributed by atoms with Gasteiger partial charge in [-0.2, -0.15) is 8.78 Å². The zero-order valence-electron chi connectivity index (χ0n) is 18.3. The smallest absolute Gasteiger partial charge is 0.387 e. The van der Waals surface area contributed by atoms with Gasteiger partial charge >= 0.3 is 6.61 Å². The highest BCUT2D eigenvalue weighted by Gasteiger charge is 2.23. The monoisotopic (exact) mass is 454 g/mol. The summed E-state index contributed by atoms with van der Waals surface area (Å²) in [6.45, 7) is 6.44. The van der Waals surface area contributed by atoms with Gasteiger partial charge in [-0.25, -0.2) is 13.1 Å². The van der Waals surface area contributed by atoms with Crippen molar-refractivity contribution in [2.75, 3.05) is 6.54 Å². The van der Waals surface area contributed by atoms with E-state index in [0.29, 0.717) is 16.7 Å². The van der Waals surface area contributed by atoms with E-state index in [4.69, 9.17) is 0 Å². The summed E-state index contributed by atoms with van der Waals surface area (Å²) in [5.74, 6) is -0.364. The fourth-order valence-corrected chi connectivity index (χ4v) is 4.99. The van der Waals surface area contributed by atoms with Gasteiger partial charge in [-0.15, -0.1) is 0 Å². The van der Waals surface area contributed by atoms with Crippen molar-refractivity contribution in [1.29, 1.82) is 0 Å². The van der Waals surface area contributed by atoms with Gasteiger partial charge in [0.25, 0.3) is 0 Å². The molecule has 0 saturated carbocycles. The van der Waals surface area contributed by atoms with E-state index in [1.165, 1.54) is 12.1 Å². The topological polar surface area (TPSA) is 84.5 Å². The van der Waals surface area contributed by atoms with E-state index >= 15 is 0 Å². The lowest BCUT2D eigenvalue weighted by atomic mass is 9.95. The van der Waals surface area contributed by atoms with Crippen LogP contribution in [0.25, 0.3) is 0 Å². The molecule has 0 unspecified atom stereocenters. The number of carbonyl (C=O) groups excluding carboxylic acids is 1.